The van der Waals surface area contributed by atoms with Crippen LogP contribution < -0.4 is 4.90 Å². The minimum absolute atomic E-state index is 0.790. The number of fused-ring (bicyclic) bond motifs is 2. The average Bonchev–Trinajstić information content (AvgIpc) is 3.43. The van der Waals surface area contributed by atoms with Crippen LogP contribution in [0.4, 0.5) is 5.82 Å². The summed E-state index contributed by atoms with van der Waals surface area (Å²) in [6.45, 7) is 9.63. The number of hydrogen-bond donors (Lipinski definition) is 2. The molecule has 5 heterocycles. The van der Waals surface area contributed by atoms with Crippen molar-refractivity contribution in [1.29, 1.82) is 0 Å². The molecule has 5 rings (SSSR count). The van der Waals surface area contributed by atoms with Crippen molar-refractivity contribution in [3.8, 4) is 11.4 Å². The monoisotopic (exact) mass is 426 g/mol. The highest BCUT2D eigenvalue weighted by Crippen LogP contribution is 2.32. The Morgan fingerprint density at radius 2 is 2.00 bits per heavy atom. The number of H-pyrrole nitrogens is 2. The zero-order valence-corrected chi connectivity index (χ0v) is 18.3. The maximum atomic E-state index is 4.89. The van der Waals surface area contributed by atoms with E-state index in [2.05, 4.69) is 49.7 Å². The first-order valence-electron chi connectivity index (χ1n) is 10.8. The maximum absolute atomic E-state index is 4.89. The number of nitrogens with one attached hydrogen (secondary N) is 2. The Morgan fingerprint density at radius 3 is 2.78 bits per heavy atom. The van der Waals surface area contributed by atoms with Gasteiger partial charge in [0.1, 0.15) is 17.0 Å². The van der Waals surface area contributed by atoms with Crippen molar-refractivity contribution in [1.82, 2.24) is 30.0 Å². The van der Waals surface area contributed by atoms with Crippen LogP contribution in [0.3, 0.4) is 0 Å². The molecule has 32 heavy (non-hydrogen) atoms. The van der Waals surface area contributed by atoms with Crippen molar-refractivity contribution < 1.29 is 0 Å². The summed E-state index contributed by atoms with van der Waals surface area (Å²) in [4.78, 5) is 22.0. The standard InChI is InChI=1S/C24H26N8/c1-4-16(15-25-5-2)18-6-7-20-22(28-18)23(30-29-20)21-14-17-19(27-21)8-9-26-24(17)32-12-10-31(3)11-13-32/h4-9,14-15,27H,2,10-13H2,1,3H3,(H,29,30)/b16-4+,25-15?. The summed E-state index contributed by atoms with van der Waals surface area (Å²) in [6, 6.07) is 8.11. The summed E-state index contributed by atoms with van der Waals surface area (Å²) >= 11 is 0. The fourth-order valence-corrected chi connectivity index (χ4v) is 4.11. The zero-order valence-electron chi connectivity index (χ0n) is 18.3. The fraction of sp³-hybridized carbons (Fsp3) is 0.250. The molecule has 0 bridgehead atoms. The molecule has 0 unspecified atom stereocenters. The number of aromatic nitrogens is 5. The summed E-state index contributed by atoms with van der Waals surface area (Å²) in [6.07, 6.45) is 7.13. The van der Waals surface area contributed by atoms with E-state index in [1.54, 1.807) is 6.21 Å². The van der Waals surface area contributed by atoms with Crippen LogP contribution in [0.2, 0.25) is 0 Å². The van der Waals surface area contributed by atoms with Crippen molar-refractivity contribution in [3.05, 3.63) is 55.0 Å². The van der Waals surface area contributed by atoms with Crippen LogP contribution in [0.25, 0.3) is 38.9 Å². The van der Waals surface area contributed by atoms with E-state index >= 15 is 0 Å². The highest BCUT2D eigenvalue weighted by atomic mass is 15.3. The molecule has 1 aliphatic rings. The van der Waals surface area contributed by atoms with Gasteiger partial charge in [-0.05, 0) is 38.2 Å². The molecule has 4 aromatic rings. The van der Waals surface area contributed by atoms with Gasteiger partial charge in [0.15, 0.2) is 0 Å². The fourth-order valence-electron chi connectivity index (χ4n) is 4.11. The molecular weight excluding hydrogens is 400 g/mol. The van der Waals surface area contributed by atoms with Gasteiger partial charge in [-0.25, -0.2) is 9.97 Å². The third-order valence-electron chi connectivity index (χ3n) is 5.92. The Hall–Kier alpha value is -3.78. The number of nitrogens with zero attached hydrogens (tertiary/aromatic N) is 6. The molecule has 2 N–H and O–H groups in total. The molecule has 1 aliphatic heterocycles. The Bertz CT molecular complexity index is 1330. The Morgan fingerprint density at radius 1 is 1.16 bits per heavy atom. The largest absolute Gasteiger partial charge is 0.353 e. The van der Waals surface area contributed by atoms with Gasteiger partial charge in [0.25, 0.3) is 0 Å². The summed E-state index contributed by atoms with van der Waals surface area (Å²) in [5.74, 6) is 1.02. The van der Waals surface area contributed by atoms with Crippen molar-refractivity contribution in [2.75, 3.05) is 38.1 Å². The quantitative estimate of drug-likeness (QED) is 0.473. The highest BCUT2D eigenvalue weighted by molar-refractivity contribution is 6.10. The van der Waals surface area contributed by atoms with Gasteiger partial charge in [-0.1, -0.05) is 12.7 Å². The Balaban J connectivity index is 1.57. The molecule has 1 saturated heterocycles. The molecule has 0 radical (unpaired) electrons. The van der Waals surface area contributed by atoms with Gasteiger partial charge in [-0.15, -0.1) is 0 Å². The first-order chi connectivity index (χ1) is 15.7. The van der Waals surface area contributed by atoms with Crippen LogP contribution in [-0.4, -0.2) is 69.5 Å². The minimum atomic E-state index is 0.790. The lowest BCUT2D eigenvalue weighted by Gasteiger charge is -2.33. The Kier molecular flexibility index (Phi) is 5.28. The number of hydrogen-bond acceptors (Lipinski definition) is 6. The van der Waals surface area contributed by atoms with Crippen molar-refractivity contribution in [2.24, 2.45) is 4.99 Å². The maximum Gasteiger partial charge on any atom is 0.138 e. The smallest absolute Gasteiger partial charge is 0.138 e. The molecule has 8 heteroatoms. The van der Waals surface area contributed by atoms with E-state index in [1.165, 1.54) is 6.20 Å². The van der Waals surface area contributed by atoms with Gasteiger partial charge in [-0.3, -0.25) is 10.1 Å². The molecule has 4 aromatic heterocycles. The second kappa shape index (κ2) is 8.39. The average molecular weight is 427 g/mol. The lowest BCUT2D eigenvalue weighted by Crippen LogP contribution is -2.44. The van der Waals surface area contributed by atoms with Gasteiger partial charge in [0, 0.05) is 55.7 Å². The van der Waals surface area contributed by atoms with E-state index in [1.807, 2.05) is 37.4 Å². The number of piperazine rings is 1. The summed E-state index contributed by atoms with van der Waals surface area (Å²) in [7, 11) is 2.16. The van der Waals surface area contributed by atoms with E-state index < -0.39 is 0 Å². The van der Waals surface area contributed by atoms with Crippen LogP contribution in [-0.2, 0) is 0 Å². The third-order valence-corrected chi connectivity index (χ3v) is 5.92. The van der Waals surface area contributed by atoms with Crippen LogP contribution in [0.15, 0.2) is 54.3 Å². The van der Waals surface area contributed by atoms with Gasteiger partial charge < -0.3 is 14.8 Å². The normalized spacial score (nSPS) is 15.9. The molecular formula is C24H26N8. The summed E-state index contributed by atoms with van der Waals surface area (Å²) in [5.41, 5.74) is 6.22. The third kappa shape index (κ3) is 3.58. The molecule has 162 valence electrons. The molecule has 0 aromatic carbocycles. The number of allylic oxidation sites excluding steroid dienone is 2. The van der Waals surface area contributed by atoms with Crippen LogP contribution in [0, 0.1) is 0 Å². The lowest BCUT2D eigenvalue weighted by atomic mass is 10.1. The first kappa shape index (κ1) is 20.1. The summed E-state index contributed by atoms with van der Waals surface area (Å²) < 4.78 is 0. The van der Waals surface area contributed by atoms with E-state index in [0.717, 1.165) is 76.6 Å². The number of anilines is 1. The highest BCUT2D eigenvalue weighted by Gasteiger charge is 2.20. The van der Waals surface area contributed by atoms with E-state index in [9.17, 15) is 0 Å². The number of aromatic amines is 2. The SMILES string of the molecule is C=CN=C/C(=C\C)c1ccc2[nH]nc(-c3cc4c(N5CCN(C)CC5)nccc4[nH]3)c2n1. The van der Waals surface area contributed by atoms with E-state index in [0.29, 0.717) is 0 Å². The molecule has 0 amide bonds. The predicted molar refractivity (Wildman–Crippen MR) is 131 cm³/mol. The van der Waals surface area contributed by atoms with Gasteiger partial charge in [-0.2, -0.15) is 5.10 Å². The zero-order chi connectivity index (χ0) is 22.1. The topological polar surface area (TPSA) is 89.1 Å². The Labute approximate surface area is 186 Å². The summed E-state index contributed by atoms with van der Waals surface area (Å²) in [5, 5.41) is 8.78. The number of aliphatic imine (C=N–C) groups is 1. The molecule has 0 saturated carbocycles. The van der Waals surface area contributed by atoms with Gasteiger partial charge >= 0.3 is 0 Å². The number of pyridine rings is 2. The van der Waals surface area contributed by atoms with E-state index in [-0.39, 0.29) is 0 Å². The van der Waals surface area contributed by atoms with Gasteiger partial charge in [0.05, 0.1) is 22.4 Å². The predicted octanol–water partition coefficient (Wildman–Crippen LogP) is 3.87. The van der Waals surface area contributed by atoms with Crippen LogP contribution in [0.5, 0.6) is 0 Å². The lowest BCUT2D eigenvalue weighted by molar-refractivity contribution is 0.312. The minimum Gasteiger partial charge on any atom is -0.353 e. The second-order valence-corrected chi connectivity index (χ2v) is 7.94. The second-order valence-electron chi connectivity index (χ2n) is 7.94. The molecule has 8 nitrogen and oxygen atoms in total. The molecule has 0 aliphatic carbocycles. The molecule has 1 fully saturated rings. The van der Waals surface area contributed by atoms with Crippen LogP contribution in [0.1, 0.15) is 12.6 Å². The van der Waals surface area contributed by atoms with Crippen molar-refractivity contribution in [3.63, 3.8) is 0 Å². The van der Waals surface area contributed by atoms with E-state index in [4.69, 9.17) is 9.97 Å². The van der Waals surface area contributed by atoms with Crippen molar-refractivity contribution >= 4 is 39.5 Å². The molecule has 0 atom stereocenters. The van der Waals surface area contributed by atoms with Gasteiger partial charge in [0.2, 0.25) is 0 Å². The number of rotatable bonds is 5. The van der Waals surface area contributed by atoms with Crippen LogP contribution >= 0.6 is 0 Å². The first-order valence-corrected chi connectivity index (χ1v) is 10.8. The van der Waals surface area contributed by atoms with Crippen molar-refractivity contribution in [2.45, 2.75) is 6.92 Å². The number of likely N-dealkylation sites (N-methyl/N-ethyl adjacent to an activating group) is 1. The molecule has 0 spiro atoms.